The molecule has 0 spiro atoms. The molecule has 10 N–H and O–H groups in total. The number of likely N-dealkylation sites (tertiary alicyclic amines) is 1. The normalized spacial score (nSPS) is 17.9. The molecule has 0 radical (unpaired) electrons. The van der Waals surface area contributed by atoms with Crippen LogP contribution in [0.3, 0.4) is 0 Å². The Morgan fingerprint density at radius 3 is 2.35 bits per heavy atom. The number of halogens is 1. The number of carboxylic acid groups (broad SMARTS) is 2. The summed E-state index contributed by atoms with van der Waals surface area (Å²) in [6.07, 6.45) is -1.61. The van der Waals surface area contributed by atoms with E-state index in [-0.39, 0.29) is 19.4 Å². The van der Waals surface area contributed by atoms with E-state index < -0.39 is 85.3 Å². The molecule has 0 saturated carbocycles. The number of aliphatic carboxylic acids is 2. The second-order valence-corrected chi connectivity index (χ2v) is 9.53. The SMILES string of the molecule is N=C(N)NCC(F)C[C@H](NC(=O)[C@@H](Cc1ccccc1)NC(=O)[C@@H]1CCCCN1C(=O)[C@@H](N)CC(=O)O)C(=O)O. The highest BCUT2D eigenvalue weighted by Crippen LogP contribution is 2.19. The van der Waals surface area contributed by atoms with Gasteiger partial charge in [0.1, 0.15) is 24.3 Å². The number of hydrogen-bond donors (Lipinski definition) is 8. The van der Waals surface area contributed by atoms with Crippen LogP contribution in [-0.2, 0) is 30.4 Å². The summed E-state index contributed by atoms with van der Waals surface area (Å²) in [4.78, 5) is 63.4. The van der Waals surface area contributed by atoms with Gasteiger partial charge < -0.3 is 42.5 Å². The van der Waals surface area contributed by atoms with Gasteiger partial charge in [-0.3, -0.25) is 24.6 Å². The van der Waals surface area contributed by atoms with Crippen molar-refractivity contribution >= 4 is 35.6 Å². The van der Waals surface area contributed by atoms with Crippen LogP contribution in [0, 0.1) is 5.41 Å². The van der Waals surface area contributed by atoms with Gasteiger partial charge in [-0.05, 0) is 24.8 Å². The van der Waals surface area contributed by atoms with Gasteiger partial charge in [0.15, 0.2) is 5.96 Å². The van der Waals surface area contributed by atoms with Crippen molar-refractivity contribution in [2.45, 2.75) is 68.9 Å². The van der Waals surface area contributed by atoms with E-state index in [1.54, 1.807) is 30.3 Å². The number of nitrogens with zero attached hydrogens (tertiary/aromatic N) is 1. The van der Waals surface area contributed by atoms with Crippen molar-refractivity contribution < 1.29 is 38.6 Å². The van der Waals surface area contributed by atoms with Crippen molar-refractivity contribution in [1.82, 2.24) is 20.9 Å². The number of alkyl halides is 1. The van der Waals surface area contributed by atoms with Crippen molar-refractivity contribution in [2.24, 2.45) is 11.5 Å². The maximum absolute atomic E-state index is 14.3. The van der Waals surface area contributed by atoms with Crippen molar-refractivity contribution in [2.75, 3.05) is 13.1 Å². The molecule has 1 aliphatic rings. The molecule has 1 unspecified atom stereocenters. The molecular formula is C25H36FN7O7. The first-order valence-corrected chi connectivity index (χ1v) is 12.8. The molecule has 14 nitrogen and oxygen atoms in total. The van der Waals surface area contributed by atoms with Gasteiger partial charge in [0.25, 0.3) is 0 Å². The van der Waals surface area contributed by atoms with E-state index in [1.165, 1.54) is 4.90 Å². The Morgan fingerprint density at radius 1 is 1.07 bits per heavy atom. The number of carbonyl (C=O) groups is 5. The Bertz CT molecular complexity index is 1070. The van der Waals surface area contributed by atoms with Crippen molar-refractivity contribution in [1.29, 1.82) is 5.41 Å². The van der Waals surface area contributed by atoms with Crippen LogP contribution in [0.5, 0.6) is 0 Å². The third kappa shape index (κ3) is 10.1. The van der Waals surface area contributed by atoms with E-state index in [4.69, 9.17) is 22.0 Å². The van der Waals surface area contributed by atoms with Gasteiger partial charge in [-0.15, -0.1) is 0 Å². The number of rotatable bonds is 14. The van der Waals surface area contributed by atoms with Gasteiger partial charge in [0, 0.05) is 25.9 Å². The molecule has 1 fully saturated rings. The summed E-state index contributed by atoms with van der Waals surface area (Å²) in [6, 6.07) is 3.29. The second-order valence-electron chi connectivity index (χ2n) is 9.53. The van der Waals surface area contributed by atoms with Crippen LogP contribution in [0.15, 0.2) is 30.3 Å². The van der Waals surface area contributed by atoms with E-state index in [2.05, 4.69) is 16.0 Å². The number of guanidine groups is 1. The molecule has 5 atom stereocenters. The monoisotopic (exact) mass is 565 g/mol. The molecule has 2 rings (SSSR count). The van der Waals surface area contributed by atoms with Crippen molar-refractivity contribution in [3.05, 3.63) is 35.9 Å². The molecule has 1 aromatic rings. The zero-order chi connectivity index (χ0) is 29.8. The van der Waals surface area contributed by atoms with E-state index >= 15 is 0 Å². The van der Waals surface area contributed by atoms with Gasteiger partial charge in [0.2, 0.25) is 17.7 Å². The van der Waals surface area contributed by atoms with Crippen molar-refractivity contribution in [3.8, 4) is 0 Å². The molecule has 0 aromatic heterocycles. The van der Waals surface area contributed by atoms with Crippen LogP contribution >= 0.6 is 0 Å². The quantitative estimate of drug-likeness (QED) is 0.0977. The molecular weight excluding hydrogens is 529 g/mol. The lowest BCUT2D eigenvalue weighted by Crippen LogP contribution is -2.60. The minimum atomic E-state index is -1.76. The zero-order valence-electron chi connectivity index (χ0n) is 21.8. The van der Waals surface area contributed by atoms with Gasteiger partial charge in [-0.25, -0.2) is 9.18 Å². The Labute approximate surface area is 230 Å². The first kappa shape index (κ1) is 31.9. The molecule has 40 heavy (non-hydrogen) atoms. The average molecular weight is 566 g/mol. The molecule has 15 heteroatoms. The molecule has 1 saturated heterocycles. The van der Waals surface area contributed by atoms with Gasteiger partial charge in [0.05, 0.1) is 12.5 Å². The number of carbonyl (C=O) groups excluding carboxylic acids is 3. The average Bonchev–Trinajstić information content (AvgIpc) is 2.90. The summed E-state index contributed by atoms with van der Waals surface area (Å²) < 4.78 is 14.3. The highest BCUT2D eigenvalue weighted by atomic mass is 19.1. The number of amides is 3. The Morgan fingerprint density at radius 2 is 1.75 bits per heavy atom. The Kier molecular flexibility index (Phi) is 12.3. The summed E-state index contributed by atoms with van der Waals surface area (Å²) >= 11 is 0. The number of hydrogen-bond acceptors (Lipinski definition) is 7. The smallest absolute Gasteiger partial charge is 0.326 e. The fraction of sp³-hybridized carbons (Fsp3) is 0.520. The van der Waals surface area contributed by atoms with Crippen LogP contribution in [0.4, 0.5) is 4.39 Å². The van der Waals surface area contributed by atoms with Crippen LogP contribution in [-0.4, -0.2) is 94.2 Å². The molecule has 0 bridgehead atoms. The summed E-state index contributed by atoms with van der Waals surface area (Å²) in [5.74, 6) is -5.53. The first-order valence-electron chi connectivity index (χ1n) is 12.8. The molecule has 1 aliphatic heterocycles. The minimum Gasteiger partial charge on any atom is -0.481 e. The van der Waals surface area contributed by atoms with Crippen molar-refractivity contribution in [3.63, 3.8) is 0 Å². The number of nitrogens with two attached hydrogens (primary N) is 2. The predicted molar refractivity (Wildman–Crippen MR) is 141 cm³/mol. The fourth-order valence-electron chi connectivity index (χ4n) is 4.34. The number of benzene rings is 1. The topological polar surface area (TPSA) is 241 Å². The number of carboxylic acids is 2. The highest BCUT2D eigenvalue weighted by Gasteiger charge is 2.37. The van der Waals surface area contributed by atoms with Gasteiger partial charge in [-0.1, -0.05) is 30.3 Å². The fourth-order valence-corrected chi connectivity index (χ4v) is 4.34. The first-order chi connectivity index (χ1) is 18.9. The molecule has 1 heterocycles. The lowest BCUT2D eigenvalue weighted by molar-refractivity contribution is -0.147. The number of nitrogens with one attached hydrogen (secondary N) is 4. The molecule has 3 amide bonds. The van der Waals surface area contributed by atoms with E-state index in [9.17, 15) is 33.5 Å². The van der Waals surface area contributed by atoms with Gasteiger partial charge >= 0.3 is 11.9 Å². The summed E-state index contributed by atoms with van der Waals surface area (Å²) in [7, 11) is 0. The van der Waals surface area contributed by atoms with Crippen LogP contribution in [0.2, 0.25) is 0 Å². The van der Waals surface area contributed by atoms with E-state index in [0.29, 0.717) is 18.4 Å². The molecule has 220 valence electrons. The standard InChI is InChI=1S/C25H36FN7O7/c26-15(13-30-25(28)29)11-18(24(39)40)32-21(36)17(10-14-6-2-1-3-7-14)31-22(37)19-8-4-5-9-33(19)23(38)16(27)12-20(34)35/h1-3,6-7,15-19H,4-5,8-13,27H2,(H,31,37)(H,32,36)(H,34,35)(H,39,40)(H4,28,29,30)/t15?,16-,17+,18-,19-/m0/s1. The van der Waals surface area contributed by atoms with E-state index in [0.717, 1.165) is 0 Å². The van der Waals surface area contributed by atoms with Crippen LogP contribution in [0.1, 0.15) is 37.7 Å². The summed E-state index contributed by atoms with van der Waals surface area (Å²) in [5, 5.41) is 32.7. The Balaban J connectivity index is 2.21. The zero-order valence-corrected chi connectivity index (χ0v) is 21.8. The highest BCUT2D eigenvalue weighted by molar-refractivity contribution is 5.95. The maximum atomic E-state index is 14.3. The predicted octanol–water partition coefficient (Wildman–Crippen LogP) is -1.32. The lowest BCUT2D eigenvalue weighted by Gasteiger charge is -2.36. The summed E-state index contributed by atoms with van der Waals surface area (Å²) in [6.45, 7) is -0.262. The summed E-state index contributed by atoms with van der Waals surface area (Å²) in [5.41, 5.74) is 11.5. The third-order valence-electron chi connectivity index (χ3n) is 6.34. The second kappa shape index (κ2) is 15.4. The maximum Gasteiger partial charge on any atom is 0.326 e. The molecule has 1 aromatic carbocycles. The third-order valence-corrected chi connectivity index (χ3v) is 6.34. The Hall–Kier alpha value is -4.27. The number of piperidine rings is 1. The minimum absolute atomic E-state index is 0.0328. The van der Waals surface area contributed by atoms with Crippen LogP contribution in [0.25, 0.3) is 0 Å². The largest absolute Gasteiger partial charge is 0.481 e. The van der Waals surface area contributed by atoms with E-state index in [1.807, 2.05) is 0 Å². The lowest BCUT2D eigenvalue weighted by atomic mass is 9.98. The van der Waals surface area contributed by atoms with Crippen LogP contribution < -0.4 is 27.4 Å². The molecule has 0 aliphatic carbocycles. The van der Waals surface area contributed by atoms with Gasteiger partial charge in [-0.2, -0.15) is 0 Å².